The van der Waals surface area contributed by atoms with Crippen LogP contribution in [0.5, 0.6) is 0 Å². The maximum Gasteiger partial charge on any atom is 0.334 e. The van der Waals surface area contributed by atoms with Crippen LogP contribution in [-0.4, -0.2) is 28.6 Å². The van der Waals surface area contributed by atoms with E-state index in [2.05, 4.69) is 57.9 Å². The lowest BCUT2D eigenvalue weighted by molar-refractivity contribution is -0.132. The van der Waals surface area contributed by atoms with Gasteiger partial charge in [-0.25, -0.2) is 4.79 Å². The first-order valence-corrected chi connectivity index (χ1v) is 10.2. The van der Waals surface area contributed by atoms with Crippen molar-refractivity contribution in [2.45, 2.75) is 77.2 Å². The van der Waals surface area contributed by atoms with Crippen LogP contribution in [0.4, 0.5) is 0 Å². The molecule has 0 unspecified atom stereocenters. The molecule has 3 aliphatic rings. The van der Waals surface area contributed by atoms with Gasteiger partial charge in [0, 0.05) is 12.2 Å². The van der Waals surface area contributed by atoms with Crippen LogP contribution in [0.1, 0.15) is 75.6 Å². The number of hydrogen-bond acceptors (Lipinski definition) is 2. The Morgan fingerprint density at radius 1 is 1.07 bits per heavy atom. The highest BCUT2D eigenvalue weighted by molar-refractivity contribution is 6.00. The van der Waals surface area contributed by atoms with Gasteiger partial charge in [0.2, 0.25) is 0 Å². The van der Waals surface area contributed by atoms with Gasteiger partial charge in [0.15, 0.2) is 0 Å². The molecule has 144 valence electrons. The summed E-state index contributed by atoms with van der Waals surface area (Å²) in [6.07, 6.45) is 8.83. The molecule has 0 radical (unpaired) electrons. The lowest BCUT2D eigenvalue weighted by atomic mass is 9.62. The highest BCUT2D eigenvalue weighted by Gasteiger charge is 2.38. The van der Waals surface area contributed by atoms with E-state index < -0.39 is 5.97 Å². The Balaban J connectivity index is 1.85. The Kier molecular flexibility index (Phi) is 4.06. The second-order valence-corrected chi connectivity index (χ2v) is 9.90. The molecule has 1 fully saturated rings. The third kappa shape index (κ3) is 3.11. The van der Waals surface area contributed by atoms with Gasteiger partial charge in [-0.2, -0.15) is 0 Å². The highest BCUT2D eigenvalue weighted by atomic mass is 16.4. The predicted molar refractivity (Wildman–Crippen MR) is 110 cm³/mol. The number of carboxylic acids is 1. The number of hydrogen-bond donors (Lipinski definition) is 1. The summed E-state index contributed by atoms with van der Waals surface area (Å²) in [6.45, 7) is 11.9. The van der Waals surface area contributed by atoms with E-state index in [0.717, 1.165) is 17.6 Å². The molecule has 3 heteroatoms. The number of fused-ring (bicyclic) bond motifs is 1. The van der Waals surface area contributed by atoms with Crippen LogP contribution < -0.4 is 0 Å². The van der Waals surface area contributed by atoms with Crippen molar-refractivity contribution in [2.75, 3.05) is 6.54 Å². The molecule has 27 heavy (non-hydrogen) atoms. The van der Waals surface area contributed by atoms with Crippen molar-refractivity contribution in [3.05, 3.63) is 52.2 Å². The molecule has 1 N–H and O–H groups in total. The van der Waals surface area contributed by atoms with E-state index in [-0.39, 0.29) is 10.8 Å². The summed E-state index contributed by atoms with van der Waals surface area (Å²) in [4.78, 5) is 14.2. The Bertz CT molecular complexity index is 869. The number of nitrogens with zero attached hydrogens (tertiary/aromatic N) is 1. The minimum atomic E-state index is -0.795. The fraction of sp³-hybridized carbons (Fsp3) is 0.542. The first-order chi connectivity index (χ1) is 12.6. The van der Waals surface area contributed by atoms with Crippen molar-refractivity contribution in [1.82, 2.24) is 4.90 Å². The summed E-state index contributed by atoms with van der Waals surface area (Å²) < 4.78 is 0. The Morgan fingerprint density at radius 3 is 2.22 bits per heavy atom. The molecule has 0 spiro atoms. The summed E-state index contributed by atoms with van der Waals surface area (Å²) in [7, 11) is 0. The van der Waals surface area contributed by atoms with Gasteiger partial charge in [-0.1, -0.05) is 39.8 Å². The van der Waals surface area contributed by atoms with E-state index >= 15 is 0 Å². The molecule has 0 atom stereocenters. The summed E-state index contributed by atoms with van der Waals surface area (Å²) in [6, 6.07) is 5.14. The molecule has 0 aromatic heterocycles. The number of rotatable bonds is 3. The van der Waals surface area contributed by atoms with Crippen LogP contribution in [0.25, 0.3) is 5.57 Å². The van der Waals surface area contributed by atoms with Crippen LogP contribution in [0.3, 0.4) is 0 Å². The van der Waals surface area contributed by atoms with Crippen LogP contribution in [0.2, 0.25) is 0 Å². The largest absolute Gasteiger partial charge is 0.478 e. The third-order valence-corrected chi connectivity index (χ3v) is 6.86. The Labute approximate surface area is 162 Å². The molecule has 1 saturated carbocycles. The zero-order valence-electron chi connectivity index (χ0n) is 17.2. The third-order valence-electron chi connectivity index (χ3n) is 6.86. The lowest BCUT2D eigenvalue weighted by Crippen LogP contribution is -2.34. The van der Waals surface area contributed by atoms with Crippen LogP contribution in [0, 0.1) is 6.92 Å². The average Bonchev–Trinajstić information content (AvgIpc) is 3.43. The van der Waals surface area contributed by atoms with Gasteiger partial charge < -0.3 is 10.0 Å². The molecule has 1 aromatic rings. The van der Waals surface area contributed by atoms with E-state index in [4.69, 9.17) is 0 Å². The molecule has 1 aromatic carbocycles. The molecule has 2 aliphatic carbocycles. The normalized spacial score (nSPS) is 23.4. The summed E-state index contributed by atoms with van der Waals surface area (Å²) in [5.74, 6) is -0.795. The molecule has 0 bridgehead atoms. The van der Waals surface area contributed by atoms with Crippen LogP contribution in [-0.2, 0) is 15.6 Å². The second-order valence-electron chi connectivity index (χ2n) is 9.90. The molecule has 1 heterocycles. The fourth-order valence-corrected chi connectivity index (χ4v) is 4.70. The molecule has 4 rings (SSSR count). The van der Waals surface area contributed by atoms with Gasteiger partial charge in [-0.05, 0) is 77.3 Å². The number of allylic oxidation sites excluding steroid dienone is 2. The first kappa shape index (κ1) is 18.3. The van der Waals surface area contributed by atoms with Crippen LogP contribution >= 0.6 is 0 Å². The van der Waals surface area contributed by atoms with Crippen molar-refractivity contribution < 1.29 is 9.90 Å². The molecule has 1 aliphatic heterocycles. The monoisotopic (exact) mass is 365 g/mol. The number of carbonyl (C=O) groups is 1. The van der Waals surface area contributed by atoms with Crippen molar-refractivity contribution in [3.8, 4) is 0 Å². The summed E-state index contributed by atoms with van der Waals surface area (Å²) in [5, 5.41) is 9.89. The number of aliphatic carboxylic acids is 1. The lowest BCUT2D eigenvalue weighted by Gasteiger charge is -2.42. The predicted octanol–water partition coefficient (Wildman–Crippen LogP) is 5.17. The maximum absolute atomic E-state index is 12.0. The molecule has 3 nitrogen and oxygen atoms in total. The van der Waals surface area contributed by atoms with Crippen molar-refractivity contribution in [3.63, 3.8) is 0 Å². The van der Waals surface area contributed by atoms with Gasteiger partial charge in [-0.3, -0.25) is 0 Å². The van der Waals surface area contributed by atoms with Gasteiger partial charge in [0.1, 0.15) is 0 Å². The second kappa shape index (κ2) is 5.98. The zero-order chi connectivity index (χ0) is 19.6. The van der Waals surface area contributed by atoms with Gasteiger partial charge in [0.05, 0.1) is 12.1 Å². The minimum absolute atomic E-state index is 0.121. The molecule has 0 amide bonds. The van der Waals surface area contributed by atoms with E-state index in [9.17, 15) is 9.90 Å². The number of aryl methyl sites for hydroxylation is 1. The van der Waals surface area contributed by atoms with Crippen LogP contribution in [0.15, 0.2) is 30.0 Å². The van der Waals surface area contributed by atoms with Gasteiger partial charge >= 0.3 is 5.97 Å². The standard InChI is InChI=1S/C24H31NO2/c1-15-12-20-21(24(4,5)10-9-23(20,2)3)13-18(15)17-8-11-25(16-6-7-16)14-19(17)22(26)27/h8,11-13,16H,6-7,9-10,14H2,1-5H3,(H,26,27). The van der Waals surface area contributed by atoms with E-state index in [1.54, 1.807) is 0 Å². The molecular formula is C24H31NO2. The number of carboxylic acid groups (broad SMARTS) is 1. The van der Waals surface area contributed by atoms with E-state index in [1.807, 2.05) is 6.08 Å². The maximum atomic E-state index is 12.0. The van der Waals surface area contributed by atoms with Crippen molar-refractivity contribution in [1.29, 1.82) is 0 Å². The fourth-order valence-electron chi connectivity index (χ4n) is 4.70. The van der Waals surface area contributed by atoms with E-state index in [0.29, 0.717) is 18.2 Å². The summed E-state index contributed by atoms with van der Waals surface area (Å²) >= 11 is 0. The highest BCUT2D eigenvalue weighted by Crippen LogP contribution is 2.47. The van der Waals surface area contributed by atoms with Crippen molar-refractivity contribution >= 4 is 11.5 Å². The quantitative estimate of drug-likeness (QED) is 0.803. The minimum Gasteiger partial charge on any atom is -0.478 e. The molecule has 0 saturated heterocycles. The van der Waals surface area contributed by atoms with E-state index in [1.165, 1.54) is 36.0 Å². The summed E-state index contributed by atoms with van der Waals surface area (Å²) in [5.41, 5.74) is 6.78. The average molecular weight is 366 g/mol. The van der Waals surface area contributed by atoms with Gasteiger partial charge in [-0.15, -0.1) is 0 Å². The van der Waals surface area contributed by atoms with Crippen molar-refractivity contribution in [2.24, 2.45) is 0 Å². The number of benzene rings is 1. The zero-order valence-corrected chi connectivity index (χ0v) is 17.2. The Hall–Kier alpha value is -2.03. The SMILES string of the molecule is Cc1cc2c(cc1C1=C(C(=O)O)CN(C3CC3)C=C1)C(C)(C)CCC2(C)C. The smallest absolute Gasteiger partial charge is 0.334 e. The molecular weight excluding hydrogens is 334 g/mol. The Morgan fingerprint density at radius 2 is 1.67 bits per heavy atom. The van der Waals surface area contributed by atoms with Gasteiger partial charge in [0.25, 0.3) is 0 Å². The topological polar surface area (TPSA) is 40.5 Å². The first-order valence-electron chi connectivity index (χ1n) is 10.2.